The molecule has 1 amide bonds. The summed E-state index contributed by atoms with van der Waals surface area (Å²) < 4.78 is 0. The van der Waals surface area contributed by atoms with Crippen LogP contribution < -0.4 is 5.73 Å². The van der Waals surface area contributed by atoms with Gasteiger partial charge >= 0.3 is 0 Å². The minimum Gasteiger partial charge on any atom is -0.338 e. The van der Waals surface area contributed by atoms with Gasteiger partial charge in [-0.25, -0.2) is 0 Å². The van der Waals surface area contributed by atoms with Gasteiger partial charge in [-0.2, -0.15) is 0 Å². The van der Waals surface area contributed by atoms with Gasteiger partial charge in [-0.05, 0) is 45.7 Å². The van der Waals surface area contributed by atoms with Crippen molar-refractivity contribution in [2.45, 2.75) is 58.0 Å². The van der Waals surface area contributed by atoms with Crippen LogP contribution in [0.5, 0.6) is 0 Å². The van der Waals surface area contributed by atoms with Crippen molar-refractivity contribution < 1.29 is 4.79 Å². The van der Waals surface area contributed by atoms with Gasteiger partial charge in [0.05, 0.1) is 5.92 Å². The van der Waals surface area contributed by atoms with Crippen LogP contribution in [-0.2, 0) is 4.79 Å². The molecule has 2 fully saturated rings. The summed E-state index contributed by atoms with van der Waals surface area (Å²) in [5.74, 6) is 0.205. The lowest BCUT2D eigenvalue weighted by molar-refractivity contribution is -0.136. The fourth-order valence-corrected chi connectivity index (χ4v) is 3.24. The molecule has 21 heavy (non-hydrogen) atoms. The number of rotatable bonds is 4. The second-order valence-electron chi connectivity index (χ2n) is 6.34. The Morgan fingerprint density at radius 2 is 1.71 bits per heavy atom. The third-order valence-electron chi connectivity index (χ3n) is 4.76. The van der Waals surface area contributed by atoms with Crippen LogP contribution in [0.3, 0.4) is 0 Å². The van der Waals surface area contributed by atoms with Crippen LogP contribution in [0, 0.1) is 5.92 Å². The van der Waals surface area contributed by atoms with Gasteiger partial charge in [0.1, 0.15) is 0 Å². The van der Waals surface area contributed by atoms with E-state index in [1.165, 1.54) is 32.4 Å². The molecule has 2 N–H and O–H groups in total. The number of carbonyl (C=O) groups excluding carboxylic acids is 1. The summed E-state index contributed by atoms with van der Waals surface area (Å²) >= 11 is 0. The topological polar surface area (TPSA) is 49.6 Å². The van der Waals surface area contributed by atoms with Gasteiger partial charge in [-0.1, -0.05) is 13.3 Å². The second kappa shape index (κ2) is 9.88. The molecule has 4 nitrogen and oxygen atoms in total. The first kappa shape index (κ1) is 21.0. The van der Waals surface area contributed by atoms with Crippen molar-refractivity contribution in [3.05, 3.63) is 0 Å². The van der Waals surface area contributed by atoms with E-state index in [0.717, 1.165) is 25.9 Å². The maximum atomic E-state index is 12.5. The quantitative estimate of drug-likeness (QED) is 0.854. The third-order valence-corrected chi connectivity index (χ3v) is 4.76. The van der Waals surface area contributed by atoms with Gasteiger partial charge in [0, 0.05) is 25.2 Å². The first-order valence-electron chi connectivity index (χ1n) is 7.88. The second-order valence-corrected chi connectivity index (χ2v) is 6.34. The largest absolute Gasteiger partial charge is 0.338 e. The van der Waals surface area contributed by atoms with E-state index in [9.17, 15) is 4.79 Å². The Morgan fingerprint density at radius 3 is 2.29 bits per heavy atom. The zero-order valence-electron chi connectivity index (χ0n) is 13.3. The van der Waals surface area contributed by atoms with Gasteiger partial charge in [0.15, 0.2) is 0 Å². The van der Waals surface area contributed by atoms with Crippen molar-refractivity contribution in [1.29, 1.82) is 0 Å². The molecule has 2 saturated heterocycles. The van der Waals surface area contributed by atoms with Gasteiger partial charge in [-0.3, -0.25) is 4.79 Å². The highest BCUT2D eigenvalue weighted by molar-refractivity contribution is 5.85. The van der Waals surface area contributed by atoms with Gasteiger partial charge in [0.2, 0.25) is 5.91 Å². The highest BCUT2D eigenvalue weighted by atomic mass is 35.5. The van der Waals surface area contributed by atoms with Gasteiger partial charge in [0.25, 0.3) is 0 Å². The molecule has 2 rings (SSSR count). The zero-order valence-corrected chi connectivity index (χ0v) is 14.9. The first-order valence-corrected chi connectivity index (χ1v) is 7.88. The van der Waals surface area contributed by atoms with E-state index in [-0.39, 0.29) is 42.7 Å². The Labute approximate surface area is 141 Å². The van der Waals surface area contributed by atoms with E-state index in [0.29, 0.717) is 6.04 Å². The molecule has 0 radical (unpaired) electrons. The Morgan fingerprint density at radius 1 is 1.10 bits per heavy atom. The summed E-state index contributed by atoms with van der Waals surface area (Å²) in [6.45, 7) is 8.30. The molecule has 2 heterocycles. The predicted octanol–water partition coefficient (Wildman–Crippen LogP) is 2.29. The van der Waals surface area contributed by atoms with E-state index in [1.807, 2.05) is 13.8 Å². The van der Waals surface area contributed by atoms with Gasteiger partial charge in [-0.15, -0.1) is 24.8 Å². The molecule has 0 aromatic carbocycles. The molecule has 0 saturated carbocycles. The van der Waals surface area contributed by atoms with E-state index in [4.69, 9.17) is 5.73 Å². The molecule has 126 valence electrons. The first-order chi connectivity index (χ1) is 9.09. The van der Waals surface area contributed by atoms with E-state index >= 15 is 0 Å². The van der Waals surface area contributed by atoms with Crippen molar-refractivity contribution >= 4 is 30.7 Å². The molecule has 2 aliphatic rings. The monoisotopic (exact) mass is 339 g/mol. The predicted molar refractivity (Wildman–Crippen MR) is 92.3 cm³/mol. The van der Waals surface area contributed by atoms with Crippen LogP contribution in [0.1, 0.15) is 46.0 Å². The summed E-state index contributed by atoms with van der Waals surface area (Å²) in [7, 11) is 0. The molecule has 0 aromatic heterocycles. The highest BCUT2D eigenvalue weighted by Gasteiger charge is 2.33. The van der Waals surface area contributed by atoms with Crippen molar-refractivity contribution in [2.24, 2.45) is 11.7 Å². The molecule has 6 heteroatoms. The van der Waals surface area contributed by atoms with Crippen LogP contribution in [0.2, 0.25) is 0 Å². The fourth-order valence-electron chi connectivity index (χ4n) is 3.24. The Bertz CT molecular complexity index is 309. The maximum Gasteiger partial charge on any atom is 0.227 e. The van der Waals surface area contributed by atoms with Crippen molar-refractivity contribution in [3.8, 4) is 0 Å². The summed E-state index contributed by atoms with van der Waals surface area (Å²) in [6.07, 6.45) is 6.31. The SMILES string of the molecule is CC(N)C(C)C(=O)N1CCCC1CN1CCCCC1.Cl.Cl. The third kappa shape index (κ3) is 5.59. The maximum absolute atomic E-state index is 12.5. The minimum atomic E-state index is -0.0537. The summed E-state index contributed by atoms with van der Waals surface area (Å²) in [5.41, 5.74) is 5.88. The number of likely N-dealkylation sites (tertiary alicyclic amines) is 2. The average Bonchev–Trinajstić information content (AvgIpc) is 2.86. The minimum absolute atomic E-state index is 0. The molecule has 0 bridgehead atoms. The van der Waals surface area contributed by atoms with E-state index in [1.54, 1.807) is 0 Å². The molecule has 0 spiro atoms. The number of nitrogens with zero attached hydrogens (tertiary/aromatic N) is 2. The fraction of sp³-hybridized carbons (Fsp3) is 0.933. The standard InChI is InChI=1S/C15H29N3O.2ClH/c1-12(13(2)16)15(19)18-10-6-7-14(18)11-17-8-4-3-5-9-17;;/h12-14H,3-11,16H2,1-2H3;2*1H. The summed E-state index contributed by atoms with van der Waals surface area (Å²) in [6, 6.07) is 0.371. The van der Waals surface area contributed by atoms with Crippen LogP contribution in [0.15, 0.2) is 0 Å². The average molecular weight is 340 g/mol. The number of amides is 1. The zero-order chi connectivity index (χ0) is 13.8. The lowest BCUT2D eigenvalue weighted by atomic mass is 10.0. The molecule has 3 unspecified atom stereocenters. The smallest absolute Gasteiger partial charge is 0.227 e. The number of piperidine rings is 1. The Kier molecular flexibility index (Phi) is 9.87. The summed E-state index contributed by atoms with van der Waals surface area (Å²) in [4.78, 5) is 17.1. The van der Waals surface area contributed by atoms with Crippen LogP contribution >= 0.6 is 24.8 Å². The Balaban J connectivity index is 0.00000200. The number of hydrogen-bond acceptors (Lipinski definition) is 3. The van der Waals surface area contributed by atoms with Gasteiger partial charge < -0.3 is 15.5 Å². The normalized spacial score (nSPS) is 25.7. The van der Waals surface area contributed by atoms with Crippen LogP contribution in [-0.4, -0.2) is 54.0 Å². The number of nitrogens with two attached hydrogens (primary N) is 1. The number of hydrogen-bond donors (Lipinski definition) is 1. The van der Waals surface area contributed by atoms with Crippen molar-refractivity contribution in [2.75, 3.05) is 26.2 Å². The molecular formula is C15H31Cl2N3O. The molecule has 2 aliphatic heterocycles. The molecular weight excluding hydrogens is 309 g/mol. The van der Waals surface area contributed by atoms with Crippen LogP contribution in [0.4, 0.5) is 0 Å². The van der Waals surface area contributed by atoms with E-state index in [2.05, 4.69) is 9.80 Å². The molecule has 0 aromatic rings. The van der Waals surface area contributed by atoms with Crippen LogP contribution in [0.25, 0.3) is 0 Å². The van der Waals surface area contributed by atoms with Crippen molar-refractivity contribution in [1.82, 2.24) is 9.80 Å². The Hall–Kier alpha value is -0.0300. The number of halogens is 2. The van der Waals surface area contributed by atoms with Crippen molar-refractivity contribution in [3.63, 3.8) is 0 Å². The lowest BCUT2D eigenvalue weighted by Crippen LogP contribution is -2.48. The summed E-state index contributed by atoms with van der Waals surface area (Å²) in [5, 5.41) is 0. The molecule has 0 aliphatic carbocycles. The number of carbonyl (C=O) groups is 1. The highest BCUT2D eigenvalue weighted by Crippen LogP contribution is 2.22. The molecule has 3 atom stereocenters. The lowest BCUT2D eigenvalue weighted by Gasteiger charge is -2.34. The van der Waals surface area contributed by atoms with E-state index < -0.39 is 0 Å².